The van der Waals surface area contributed by atoms with E-state index in [4.69, 9.17) is 9.53 Å². The molecule has 2 atom stereocenters. The molecular weight excluding hydrogens is 336 g/mol. The maximum Gasteiger partial charge on any atom is 0.335 e. The van der Waals surface area contributed by atoms with Crippen molar-refractivity contribution >= 4 is 14.3 Å². The lowest BCUT2D eigenvalue weighted by atomic mass is 9.96. The van der Waals surface area contributed by atoms with Crippen LogP contribution in [0.2, 0.25) is 18.1 Å². The molecule has 3 N–H and O–H groups in total. The van der Waals surface area contributed by atoms with Gasteiger partial charge in [0.1, 0.15) is 0 Å². The molecule has 0 aliphatic heterocycles. The summed E-state index contributed by atoms with van der Waals surface area (Å²) in [5, 5.41) is 28.3. The van der Waals surface area contributed by atoms with E-state index < -0.39 is 26.5 Å². The molecule has 25 heavy (non-hydrogen) atoms. The lowest BCUT2D eigenvalue weighted by Gasteiger charge is -2.36. The van der Waals surface area contributed by atoms with E-state index in [1.165, 1.54) is 0 Å². The Morgan fingerprint density at radius 2 is 1.72 bits per heavy atom. The third-order valence-corrected chi connectivity index (χ3v) is 9.56. The molecule has 1 rings (SSSR count). The molecule has 0 aliphatic rings. The molecule has 0 saturated heterocycles. The predicted octanol–water partition coefficient (Wildman–Crippen LogP) is 2.99. The van der Waals surface area contributed by atoms with E-state index in [2.05, 4.69) is 33.9 Å². The van der Waals surface area contributed by atoms with Crippen LogP contribution in [0.15, 0.2) is 24.3 Å². The quantitative estimate of drug-likeness (QED) is 0.461. The van der Waals surface area contributed by atoms with Gasteiger partial charge in [0.25, 0.3) is 0 Å². The monoisotopic (exact) mass is 368 g/mol. The molecule has 0 saturated carbocycles. The van der Waals surface area contributed by atoms with Crippen molar-refractivity contribution in [1.82, 2.24) is 0 Å². The highest BCUT2D eigenvalue weighted by Crippen LogP contribution is 2.36. The smallest absolute Gasteiger partial charge is 0.335 e. The second kappa shape index (κ2) is 8.94. The minimum Gasteiger partial charge on any atom is -0.479 e. The van der Waals surface area contributed by atoms with Gasteiger partial charge in [0.15, 0.2) is 14.4 Å². The number of aliphatic hydroxyl groups is 2. The summed E-state index contributed by atoms with van der Waals surface area (Å²) < 4.78 is 6.18. The third kappa shape index (κ3) is 6.54. The van der Waals surface area contributed by atoms with Crippen molar-refractivity contribution in [3.8, 4) is 0 Å². The topological polar surface area (TPSA) is 87.0 Å². The largest absolute Gasteiger partial charge is 0.479 e. The average Bonchev–Trinajstić information content (AvgIpc) is 2.50. The normalized spacial score (nSPS) is 15.0. The van der Waals surface area contributed by atoms with Crippen LogP contribution in [0.3, 0.4) is 0 Å². The van der Waals surface area contributed by atoms with Crippen molar-refractivity contribution < 1.29 is 24.5 Å². The molecule has 0 spiro atoms. The van der Waals surface area contributed by atoms with Gasteiger partial charge in [-0.3, -0.25) is 0 Å². The number of carboxylic acid groups (broad SMARTS) is 1. The summed E-state index contributed by atoms with van der Waals surface area (Å²) in [6.07, 6.45) is -1.31. The van der Waals surface area contributed by atoms with Gasteiger partial charge < -0.3 is 19.7 Å². The Labute approximate surface area is 151 Å². The van der Waals surface area contributed by atoms with Crippen LogP contribution in [0.5, 0.6) is 0 Å². The maximum atomic E-state index is 10.8. The first-order valence-corrected chi connectivity index (χ1v) is 11.7. The number of rotatable bonds is 9. The summed E-state index contributed by atoms with van der Waals surface area (Å²) in [5.74, 6) is -1.41. The zero-order chi connectivity index (χ0) is 19.3. The number of carboxylic acids is 1. The van der Waals surface area contributed by atoms with E-state index in [1.54, 1.807) is 0 Å². The summed E-state index contributed by atoms with van der Waals surface area (Å²) in [4.78, 5) is 10.8. The number of hydrogen-bond acceptors (Lipinski definition) is 4. The number of aryl methyl sites for hydroxylation is 1. The molecule has 1 aromatic carbocycles. The van der Waals surface area contributed by atoms with E-state index in [9.17, 15) is 15.0 Å². The molecule has 142 valence electrons. The molecule has 6 heteroatoms. The number of benzene rings is 1. The molecule has 0 heterocycles. The van der Waals surface area contributed by atoms with Crippen LogP contribution in [0.4, 0.5) is 0 Å². The molecular formula is C19H32O5Si. The van der Waals surface area contributed by atoms with Gasteiger partial charge in [-0.05, 0) is 42.1 Å². The highest BCUT2D eigenvalue weighted by Gasteiger charge is 2.36. The first-order valence-electron chi connectivity index (χ1n) is 8.75. The number of aliphatic carboxylic acids is 1. The minimum atomic E-state index is -1.77. The van der Waals surface area contributed by atoms with Crippen molar-refractivity contribution in [2.75, 3.05) is 6.61 Å². The van der Waals surface area contributed by atoms with Gasteiger partial charge in [0, 0.05) is 13.0 Å². The Morgan fingerprint density at radius 1 is 1.16 bits per heavy atom. The standard InChI is InChI=1S/C19H32O5Si/c1-19(2,3)25(4,5)24-12-8-11-14-9-6-7-10-15(14)13-16(20)17(21)18(22)23/h6-7,9-10,16-17,20-21H,8,11-13H2,1-5H3,(H,22,23). The predicted molar refractivity (Wildman–Crippen MR) is 101 cm³/mol. The van der Waals surface area contributed by atoms with E-state index in [1.807, 2.05) is 24.3 Å². The Morgan fingerprint density at radius 3 is 2.24 bits per heavy atom. The summed E-state index contributed by atoms with van der Waals surface area (Å²) >= 11 is 0. The maximum absolute atomic E-state index is 10.8. The Bertz CT molecular complexity index is 565. The van der Waals surface area contributed by atoms with Gasteiger partial charge in [0.2, 0.25) is 0 Å². The second-order valence-electron chi connectivity index (χ2n) is 8.04. The van der Waals surface area contributed by atoms with Crippen molar-refractivity contribution in [3.63, 3.8) is 0 Å². The average molecular weight is 369 g/mol. The van der Waals surface area contributed by atoms with Gasteiger partial charge in [0.05, 0.1) is 6.10 Å². The number of carbonyl (C=O) groups is 1. The minimum absolute atomic E-state index is 0.118. The summed E-state index contributed by atoms with van der Waals surface area (Å²) in [6, 6.07) is 7.61. The fraction of sp³-hybridized carbons (Fsp3) is 0.632. The van der Waals surface area contributed by atoms with Crippen LogP contribution in [0.25, 0.3) is 0 Å². The molecule has 0 radical (unpaired) electrons. The fourth-order valence-electron chi connectivity index (χ4n) is 2.31. The second-order valence-corrected chi connectivity index (χ2v) is 12.8. The third-order valence-electron chi connectivity index (χ3n) is 5.02. The first-order chi connectivity index (χ1) is 11.5. The van der Waals surface area contributed by atoms with Gasteiger partial charge in [-0.2, -0.15) is 0 Å². The van der Waals surface area contributed by atoms with Crippen LogP contribution < -0.4 is 0 Å². The lowest BCUT2D eigenvalue weighted by molar-refractivity contribution is -0.152. The van der Waals surface area contributed by atoms with Gasteiger partial charge in [-0.15, -0.1) is 0 Å². The molecule has 0 aromatic heterocycles. The number of hydrogen-bond donors (Lipinski definition) is 3. The van der Waals surface area contributed by atoms with Crippen LogP contribution in [0, 0.1) is 0 Å². The highest BCUT2D eigenvalue weighted by molar-refractivity contribution is 6.74. The van der Waals surface area contributed by atoms with Crippen LogP contribution in [0.1, 0.15) is 38.3 Å². The van der Waals surface area contributed by atoms with Crippen LogP contribution in [-0.4, -0.2) is 48.4 Å². The zero-order valence-electron chi connectivity index (χ0n) is 16.0. The Hall–Kier alpha value is -1.21. The lowest BCUT2D eigenvalue weighted by Crippen LogP contribution is -2.41. The molecule has 0 fully saturated rings. The Balaban J connectivity index is 2.62. The molecule has 2 unspecified atom stereocenters. The zero-order valence-corrected chi connectivity index (χ0v) is 17.0. The molecule has 1 aromatic rings. The van der Waals surface area contributed by atoms with Gasteiger partial charge in [-0.1, -0.05) is 45.0 Å². The van der Waals surface area contributed by atoms with Crippen molar-refractivity contribution in [2.45, 2.75) is 70.4 Å². The first kappa shape index (κ1) is 21.8. The van der Waals surface area contributed by atoms with E-state index in [0.29, 0.717) is 6.61 Å². The van der Waals surface area contributed by atoms with Gasteiger partial charge >= 0.3 is 5.97 Å². The van der Waals surface area contributed by atoms with E-state index in [-0.39, 0.29) is 11.5 Å². The van der Waals surface area contributed by atoms with Crippen LogP contribution in [-0.2, 0) is 22.1 Å². The molecule has 0 bridgehead atoms. The number of aliphatic hydroxyl groups excluding tert-OH is 2. The fourth-order valence-corrected chi connectivity index (χ4v) is 3.40. The molecule has 0 amide bonds. The SMILES string of the molecule is CC(C)(C)[Si](C)(C)OCCCc1ccccc1CC(O)C(O)C(=O)O. The summed E-state index contributed by atoms with van der Waals surface area (Å²) in [7, 11) is -1.75. The van der Waals surface area contributed by atoms with Crippen molar-refractivity contribution in [1.29, 1.82) is 0 Å². The molecule has 0 aliphatic carbocycles. The van der Waals surface area contributed by atoms with Gasteiger partial charge in [-0.25, -0.2) is 4.79 Å². The van der Waals surface area contributed by atoms with Crippen LogP contribution >= 0.6 is 0 Å². The molecule has 5 nitrogen and oxygen atoms in total. The highest BCUT2D eigenvalue weighted by atomic mass is 28.4. The summed E-state index contributed by atoms with van der Waals surface area (Å²) in [6.45, 7) is 11.8. The van der Waals surface area contributed by atoms with E-state index in [0.717, 1.165) is 24.0 Å². The summed E-state index contributed by atoms with van der Waals surface area (Å²) in [5.41, 5.74) is 1.92. The Kier molecular flexibility index (Phi) is 7.80. The van der Waals surface area contributed by atoms with E-state index >= 15 is 0 Å². The van der Waals surface area contributed by atoms with Crippen molar-refractivity contribution in [2.24, 2.45) is 0 Å². The van der Waals surface area contributed by atoms with Crippen molar-refractivity contribution in [3.05, 3.63) is 35.4 Å².